The Hall–Kier alpha value is -1.14. The van der Waals surface area contributed by atoms with Gasteiger partial charge >= 0.3 is 0 Å². The smallest absolute Gasteiger partial charge is 0.228 e. The fraction of sp³-hybridized carbons (Fsp3) is 0.333. The molecule has 0 radical (unpaired) electrons. The lowest BCUT2D eigenvalue weighted by Gasteiger charge is -2.03. The minimum atomic E-state index is 0.0234. The Morgan fingerprint density at radius 3 is 2.36 bits per heavy atom. The number of hydrogen-bond acceptors (Lipinski definition) is 5. The predicted molar refractivity (Wildman–Crippen MR) is 54.9 cm³/mol. The molecule has 4 N–H and O–H groups in total. The highest BCUT2D eigenvalue weighted by molar-refractivity contribution is 6.31. The van der Waals surface area contributed by atoms with Crippen LogP contribution in [0.2, 0.25) is 10.6 Å². The fourth-order valence-corrected chi connectivity index (χ4v) is 1.08. The van der Waals surface area contributed by atoms with Crippen molar-refractivity contribution >= 4 is 35.0 Å². The van der Waals surface area contributed by atoms with E-state index in [1.54, 1.807) is 0 Å². The second-order valence-electron chi connectivity index (χ2n) is 2.40. The van der Waals surface area contributed by atoms with Gasteiger partial charge in [-0.3, -0.25) is 5.41 Å². The number of aromatic nitrogens is 3. The topological polar surface area (TPSA) is 101 Å². The molecule has 0 aliphatic heterocycles. The molecule has 0 atom stereocenters. The van der Waals surface area contributed by atoms with Gasteiger partial charge in [-0.1, -0.05) is 0 Å². The second kappa shape index (κ2) is 4.92. The van der Waals surface area contributed by atoms with Gasteiger partial charge in [0, 0.05) is 13.0 Å². The van der Waals surface area contributed by atoms with Crippen molar-refractivity contribution < 1.29 is 0 Å². The van der Waals surface area contributed by atoms with E-state index in [1.165, 1.54) is 0 Å². The Kier molecular flexibility index (Phi) is 3.84. The van der Waals surface area contributed by atoms with Crippen LogP contribution in [-0.4, -0.2) is 27.3 Å². The van der Waals surface area contributed by atoms with Crippen molar-refractivity contribution in [1.82, 2.24) is 15.0 Å². The van der Waals surface area contributed by atoms with E-state index in [2.05, 4.69) is 20.3 Å². The molecule has 0 saturated heterocycles. The van der Waals surface area contributed by atoms with Crippen molar-refractivity contribution in [1.29, 1.82) is 5.41 Å². The molecule has 1 rings (SSSR count). The number of anilines is 1. The Bertz CT molecular complexity index is 321. The maximum absolute atomic E-state index is 6.98. The van der Waals surface area contributed by atoms with Crippen molar-refractivity contribution in [2.24, 2.45) is 5.73 Å². The Labute approximate surface area is 90.4 Å². The molecule has 6 nitrogen and oxygen atoms in total. The van der Waals surface area contributed by atoms with Gasteiger partial charge in [0.15, 0.2) is 0 Å². The van der Waals surface area contributed by atoms with Crippen LogP contribution in [0.25, 0.3) is 0 Å². The van der Waals surface area contributed by atoms with Gasteiger partial charge in [-0.15, -0.1) is 0 Å². The number of rotatable bonds is 4. The van der Waals surface area contributed by atoms with Crippen LogP contribution in [0.1, 0.15) is 6.42 Å². The van der Waals surface area contributed by atoms with Crippen molar-refractivity contribution in [3.05, 3.63) is 10.6 Å². The largest absolute Gasteiger partial charge is 0.388 e. The number of nitrogens with one attached hydrogen (secondary N) is 2. The van der Waals surface area contributed by atoms with Gasteiger partial charge in [0.25, 0.3) is 0 Å². The van der Waals surface area contributed by atoms with E-state index in [4.69, 9.17) is 34.3 Å². The summed E-state index contributed by atoms with van der Waals surface area (Å²) < 4.78 is 0. The molecular formula is C6H8Cl2N6. The molecule has 0 saturated carbocycles. The lowest BCUT2D eigenvalue weighted by Crippen LogP contribution is -2.16. The second-order valence-corrected chi connectivity index (χ2v) is 3.08. The zero-order valence-corrected chi connectivity index (χ0v) is 8.60. The van der Waals surface area contributed by atoms with Gasteiger partial charge in [-0.25, -0.2) is 0 Å². The van der Waals surface area contributed by atoms with Crippen molar-refractivity contribution in [2.75, 3.05) is 11.9 Å². The molecule has 0 bridgehead atoms. The average Bonchev–Trinajstić information content (AvgIpc) is 2.01. The maximum Gasteiger partial charge on any atom is 0.228 e. The van der Waals surface area contributed by atoms with Gasteiger partial charge in [-0.2, -0.15) is 15.0 Å². The molecular weight excluding hydrogens is 227 g/mol. The average molecular weight is 235 g/mol. The monoisotopic (exact) mass is 234 g/mol. The molecule has 0 aromatic carbocycles. The molecule has 0 spiro atoms. The Morgan fingerprint density at radius 1 is 1.29 bits per heavy atom. The van der Waals surface area contributed by atoms with Crippen LogP contribution in [0.5, 0.6) is 0 Å². The van der Waals surface area contributed by atoms with Crippen molar-refractivity contribution in [2.45, 2.75) is 6.42 Å². The molecule has 0 amide bonds. The summed E-state index contributed by atoms with van der Waals surface area (Å²) >= 11 is 11.1. The van der Waals surface area contributed by atoms with E-state index in [0.717, 1.165) is 0 Å². The molecule has 0 unspecified atom stereocenters. The predicted octanol–water partition coefficient (Wildman–Crippen LogP) is 0.916. The number of amidine groups is 1. The summed E-state index contributed by atoms with van der Waals surface area (Å²) in [7, 11) is 0. The first-order chi connectivity index (χ1) is 6.58. The molecule has 8 heteroatoms. The third-order valence-corrected chi connectivity index (χ3v) is 1.60. The van der Waals surface area contributed by atoms with Crippen LogP contribution in [0.15, 0.2) is 0 Å². The molecule has 76 valence electrons. The van der Waals surface area contributed by atoms with Crippen LogP contribution in [-0.2, 0) is 0 Å². The lowest BCUT2D eigenvalue weighted by atomic mass is 10.4. The Morgan fingerprint density at radius 2 is 1.86 bits per heavy atom. The van der Waals surface area contributed by atoms with E-state index in [1.807, 2.05) is 0 Å². The number of halogens is 2. The summed E-state index contributed by atoms with van der Waals surface area (Å²) in [6, 6.07) is 0. The minimum absolute atomic E-state index is 0.0234. The summed E-state index contributed by atoms with van der Waals surface area (Å²) in [5.74, 6) is 0.361. The molecule has 0 aliphatic rings. The molecule has 14 heavy (non-hydrogen) atoms. The summed E-state index contributed by atoms with van der Waals surface area (Å²) in [6.07, 6.45) is 0.404. The van der Waals surface area contributed by atoms with Crippen LogP contribution in [0.4, 0.5) is 5.95 Å². The summed E-state index contributed by atoms with van der Waals surface area (Å²) in [4.78, 5) is 11.1. The van der Waals surface area contributed by atoms with E-state index >= 15 is 0 Å². The van der Waals surface area contributed by atoms with Crippen LogP contribution in [0, 0.1) is 5.41 Å². The summed E-state index contributed by atoms with van der Waals surface area (Å²) in [5, 5.41) is 9.83. The minimum Gasteiger partial charge on any atom is -0.388 e. The molecule has 0 aliphatic carbocycles. The normalized spacial score (nSPS) is 9.86. The van der Waals surface area contributed by atoms with E-state index in [-0.39, 0.29) is 22.4 Å². The highest BCUT2D eigenvalue weighted by Gasteiger charge is 2.01. The van der Waals surface area contributed by atoms with Crippen LogP contribution >= 0.6 is 23.2 Å². The standard InChI is InChI=1S/C6H8Cl2N6/c7-4-12-5(8)14-6(13-4)11-2-1-3(9)10/h1-2H2,(H3,9,10)(H,11,12,13,14). The fourth-order valence-electron chi connectivity index (χ4n) is 0.714. The highest BCUT2D eigenvalue weighted by atomic mass is 35.5. The van der Waals surface area contributed by atoms with Crippen LogP contribution < -0.4 is 11.1 Å². The third kappa shape index (κ3) is 3.71. The lowest BCUT2D eigenvalue weighted by molar-refractivity contribution is 0.990. The SMILES string of the molecule is N=C(N)CCNc1nc(Cl)nc(Cl)n1. The van der Waals surface area contributed by atoms with E-state index < -0.39 is 0 Å². The zero-order valence-electron chi connectivity index (χ0n) is 7.09. The number of hydrogen-bond donors (Lipinski definition) is 3. The van der Waals surface area contributed by atoms with Gasteiger partial charge in [0.05, 0.1) is 5.84 Å². The first-order valence-electron chi connectivity index (χ1n) is 3.72. The highest BCUT2D eigenvalue weighted by Crippen LogP contribution is 2.09. The van der Waals surface area contributed by atoms with Crippen LogP contribution in [0.3, 0.4) is 0 Å². The summed E-state index contributed by atoms with van der Waals surface area (Å²) in [6.45, 7) is 0.450. The molecule has 1 aromatic heterocycles. The van der Waals surface area contributed by atoms with Gasteiger partial charge in [0.1, 0.15) is 0 Å². The first kappa shape index (κ1) is 10.9. The van der Waals surface area contributed by atoms with Crippen molar-refractivity contribution in [3.63, 3.8) is 0 Å². The number of nitrogens with two attached hydrogens (primary N) is 1. The maximum atomic E-state index is 6.98. The summed E-state index contributed by atoms with van der Waals surface area (Å²) in [5.41, 5.74) is 5.15. The molecule has 1 aromatic rings. The van der Waals surface area contributed by atoms with Gasteiger partial charge in [-0.05, 0) is 23.2 Å². The van der Waals surface area contributed by atoms with E-state index in [9.17, 15) is 0 Å². The zero-order chi connectivity index (χ0) is 10.6. The van der Waals surface area contributed by atoms with Gasteiger partial charge < -0.3 is 11.1 Å². The quantitative estimate of drug-likeness (QED) is 0.532. The van der Waals surface area contributed by atoms with E-state index in [0.29, 0.717) is 13.0 Å². The number of nitrogens with zero attached hydrogens (tertiary/aromatic N) is 3. The Balaban J connectivity index is 2.54. The first-order valence-corrected chi connectivity index (χ1v) is 4.47. The van der Waals surface area contributed by atoms with Crippen molar-refractivity contribution in [3.8, 4) is 0 Å². The third-order valence-electron chi connectivity index (χ3n) is 1.26. The molecule has 0 fully saturated rings. The molecule has 1 heterocycles. The van der Waals surface area contributed by atoms with Gasteiger partial charge in [0.2, 0.25) is 16.5 Å².